The Bertz CT molecular complexity index is 591. The van der Waals surface area contributed by atoms with Gasteiger partial charge in [-0.25, -0.2) is 14.2 Å². The van der Waals surface area contributed by atoms with Crippen molar-refractivity contribution in [2.75, 3.05) is 11.9 Å². The second-order valence-corrected chi connectivity index (χ2v) is 4.84. The monoisotopic (exact) mass is 338 g/mol. The van der Waals surface area contributed by atoms with E-state index in [-0.39, 0.29) is 12.4 Å². The molecule has 0 aromatic carbocycles. The highest BCUT2D eigenvalue weighted by atomic mass is 79.9. The molecule has 2 amide bonds. The quantitative estimate of drug-likeness (QED) is 0.900. The summed E-state index contributed by atoms with van der Waals surface area (Å²) in [4.78, 5) is 19.5. The lowest BCUT2D eigenvalue weighted by molar-refractivity contribution is 0.252. The first kappa shape index (κ1) is 14.4. The molecule has 0 saturated heterocycles. The third-order valence-corrected chi connectivity index (χ3v) is 2.92. The van der Waals surface area contributed by atoms with E-state index in [9.17, 15) is 9.18 Å². The van der Waals surface area contributed by atoms with E-state index in [0.717, 1.165) is 4.47 Å². The molecule has 2 aromatic rings. The van der Waals surface area contributed by atoms with Gasteiger partial charge in [-0.05, 0) is 40.2 Å². The molecule has 0 bridgehead atoms. The predicted octanol–water partition coefficient (Wildman–Crippen LogP) is 2.74. The molecule has 0 aliphatic rings. The van der Waals surface area contributed by atoms with Crippen LogP contribution in [0.4, 0.5) is 15.0 Å². The van der Waals surface area contributed by atoms with Gasteiger partial charge in [0.2, 0.25) is 0 Å². The van der Waals surface area contributed by atoms with Crippen molar-refractivity contribution in [1.82, 2.24) is 15.3 Å². The molecule has 0 aliphatic heterocycles. The highest BCUT2D eigenvalue weighted by molar-refractivity contribution is 9.10. The number of anilines is 1. The number of urea groups is 1. The number of aromatic nitrogens is 2. The first-order valence-electron chi connectivity index (χ1n) is 5.91. The van der Waals surface area contributed by atoms with Crippen LogP contribution in [0.5, 0.6) is 0 Å². The Balaban J connectivity index is 1.78. The fourth-order valence-corrected chi connectivity index (χ4v) is 1.74. The Morgan fingerprint density at radius 3 is 2.85 bits per heavy atom. The molecule has 7 heteroatoms. The van der Waals surface area contributed by atoms with Crippen molar-refractivity contribution < 1.29 is 9.18 Å². The zero-order valence-corrected chi connectivity index (χ0v) is 12.0. The lowest BCUT2D eigenvalue weighted by atomic mass is 10.2. The van der Waals surface area contributed by atoms with Gasteiger partial charge in [-0.3, -0.25) is 10.3 Å². The highest BCUT2D eigenvalue weighted by Crippen LogP contribution is 2.10. The molecule has 0 spiro atoms. The van der Waals surface area contributed by atoms with Crippen LogP contribution in [-0.2, 0) is 6.42 Å². The Kier molecular flexibility index (Phi) is 5.00. The van der Waals surface area contributed by atoms with Gasteiger partial charge in [-0.1, -0.05) is 0 Å². The molecule has 0 saturated carbocycles. The number of nitrogens with one attached hydrogen (secondary N) is 2. The van der Waals surface area contributed by atoms with Crippen LogP contribution in [0.15, 0.2) is 41.1 Å². The van der Waals surface area contributed by atoms with E-state index in [1.165, 1.54) is 18.3 Å². The summed E-state index contributed by atoms with van der Waals surface area (Å²) < 4.78 is 14.1. The van der Waals surface area contributed by atoms with Crippen molar-refractivity contribution in [1.29, 1.82) is 0 Å². The summed E-state index contributed by atoms with van der Waals surface area (Å²) in [5.41, 5.74) is 0.328. The minimum atomic E-state index is -0.392. The second kappa shape index (κ2) is 6.95. The Morgan fingerprint density at radius 2 is 2.15 bits per heavy atom. The SMILES string of the molecule is O=C(NCCc1ncccc1F)Nc1ccc(Br)cn1. The summed E-state index contributed by atoms with van der Waals surface area (Å²) in [7, 11) is 0. The third-order valence-electron chi connectivity index (χ3n) is 2.45. The molecule has 0 radical (unpaired) electrons. The number of nitrogens with zero attached hydrogens (tertiary/aromatic N) is 2. The fourth-order valence-electron chi connectivity index (χ4n) is 1.51. The number of hydrogen-bond acceptors (Lipinski definition) is 3. The van der Waals surface area contributed by atoms with Crippen LogP contribution in [-0.4, -0.2) is 22.5 Å². The fraction of sp³-hybridized carbons (Fsp3) is 0.154. The van der Waals surface area contributed by atoms with Crippen LogP contribution in [0.25, 0.3) is 0 Å². The number of carbonyl (C=O) groups excluding carboxylic acids is 1. The van der Waals surface area contributed by atoms with Gasteiger partial charge in [-0.2, -0.15) is 0 Å². The largest absolute Gasteiger partial charge is 0.337 e. The van der Waals surface area contributed by atoms with Crippen molar-refractivity contribution in [2.24, 2.45) is 0 Å². The van der Waals surface area contributed by atoms with E-state index in [1.54, 1.807) is 18.3 Å². The standard InChI is InChI=1S/C13H12BrFN4O/c14-9-3-4-12(18-8-9)19-13(20)17-7-5-11-10(15)2-1-6-16-11/h1-4,6,8H,5,7H2,(H2,17,18,19,20). The van der Waals surface area contributed by atoms with Crippen molar-refractivity contribution >= 4 is 27.8 Å². The third kappa shape index (κ3) is 4.27. The van der Waals surface area contributed by atoms with E-state index >= 15 is 0 Å². The topological polar surface area (TPSA) is 66.9 Å². The van der Waals surface area contributed by atoms with Crippen LogP contribution < -0.4 is 10.6 Å². The van der Waals surface area contributed by atoms with Crippen molar-refractivity contribution in [3.63, 3.8) is 0 Å². The maximum atomic E-state index is 13.3. The number of pyridine rings is 2. The first-order valence-corrected chi connectivity index (χ1v) is 6.70. The number of rotatable bonds is 4. The maximum absolute atomic E-state index is 13.3. The highest BCUT2D eigenvalue weighted by Gasteiger charge is 2.05. The van der Waals surface area contributed by atoms with Crippen LogP contribution in [0.3, 0.4) is 0 Å². The van der Waals surface area contributed by atoms with Gasteiger partial charge in [0.1, 0.15) is 11.6 Å². The van der Waals surface area contributed by atoms with Crippen LogP contribution in [0, 0.1) is 5.82 Å². The molecule has 5 nitrogen and oxygen atoms in total. The number of halogens is 2. The molecule has 0 atom stereocenters. The summed E-state index contributed by atoms with van der Waals surface area (Å²) in [5, 5.41) is 5.19. The van der Waals surface area contributed by atoms with Crippen LogP contribution >= 0.6 is 15.9 Å². The molecule has 2 N–H and O–H groups in total. The van der Waals surface area contributed by atoms with Gasteiger partial charge in [-0.15, -0.1) is 0 Å². The Labute approximate surface area is 123 Å². The average Bonchev–Trinajstić information content (AvgIpc) is 2.43. The predicted molar refractivity (Wildman–Crippen MR) is 76.9 cm³/mol. The summed E-state index contributed by atoms with van der Waals surface area (Å²) >= 11 is 3.25. The minimum absolute atomic E-state index is 0.288. The lowest BCUT2D eigenvalue weighted by Crippen LogP contribution is -2.31. The summed E-state index contributed by atoms with van der Waals surface area (Å²) in [6.45, 7) is 0.288. The molecule has 2 rings (SSSR count). The molecule has 0 unspecified atom stereocenters. The molecule has 0 fully saturated rings. The van der Waals surface area contributed by atoms with Gasteiger partial charge < -0.3 is 5.32 Å². The van der Waals surface area contributed by atoms with Crippen molar-refractivity contribution in [3.8, 4) is 0 Å². The number of carbonyl (C=O) groups is 1. The molecule has 20 heavy (non-hydrogen) atoms. The lowest BCUT2D eigenvalue weighted by Gasteiger charge is -2.07. The smallest absolute Gasteiger partial charge is 0.320 e. The summed E-state index contributed by atoms with van der Waals surface area (Å²) in [6.07, 6.45) is 3.43. The van der Waals surface area contributed by atoms with Gasteiger partial charge in [0, 0.05) is 29.8 Å². The molecule has 0 aliphatic carbocycles. The maximum Gasteiger partial charge on any atom is 0.320 e. The second-order valence-electron chi connectivity index (χ2n) is 3.92. The average molecular weight is 339 g/mol. The van der Waals surface area contributed by atoms with E-state index < -0.39 is 6.03 Å². The van der Waals surface area contributed by atoms with Gasteiger partial charge in [0.25, 0.3) is 0 Å². The van der Waals surface area contributed by atoms with E-state index in [0.29, 0.717) is 17.9 Å². The molecular weight excluding hydrogens is 327 g/mol. The van der Waals surface area contributed by atoms with E-state index in [1.807, 2.05) is 0 Å². The zero-order chi connectivity index (χ0) is 14.4. The molecule has 104 valence electrons. The van der Waals surface area contributed by atoms with Gasteiger partial charge in [0.15, 0.2) is 0 Å². The number of hydrogen-bond donors (Lipinski definition) is 2. The summed E-state index contributed by atoms with van der Waals surface area (Å²) in [5.74, 6) is 0.0685. The van der Waals surface area contributed by atoms with Gasteiger partial charge in [0.05, 0.1) is 5.69 Å². The molecule has 2 aromatic heterocycles. The normalized spacial score (nSPS) is 10.1. The van der Waals surface area contributed by atoms with Crippen molar-refractivity contribution in [2.45, 2.75) is 6.42 Å². The van der Waals surface area contributed by atoms with Crippen LogP contribution in [0.2, 0.25) is 0 Å². The Hall–Kier alpha value is -2.02. The van der Waals surface area contributed by atoms with Crippen LogP contribution in [0.1, 0.15) is 5.69 Å². The zero-order valence-electron chi connectivity index (χ0n) is 10.4. The van der Waals surface area contributed by atoms with Gasteiger partial charge >= 0.3 is 6.03 Å². The minimum Gasteiger partial charge on any atom is -0.337 e. The Morgan fingerprint density at radius 1 is 1.30 bits per heavy atom. The number of amides is 2. The first-order chi connectivity index (χ1) is 9.65. The molecular formula is C13H12BrFN4O. The summed E-state index contributed by atoms with van der Waals surface area (Å²) in [6, 6.07) is 5.91. The van der Waals surface area contributed by atoms with E-state index in [2.05, 4.69) is 36.5 Å². The van der Waals surface area contributed by atoms with Crippen molar-refractivity contribution in [3.05, 3.63) is 52.6 Å². The van der Waals surface area contributed by atoms with E-state index in [4.69, 9.17) is 0 Å². The molecule has 2 heterocycles.